The molecule has 0 saturated carbocycles. The van der Waals surface area contributed by atoms with Gasteiger partial charge >= 0.3 is 0 Å². The summed E-state index contributed by atoms with van der Waals surface area (Å²) in [5.41, 5.74) is 6.65. The second-order valence-corrected chi connectivity index (χ2v) is 8.58. The number of para-hydroxylation sites is 1. The summed E-state index contributed by atoms with van der Waals surface area (Å²) >= 11 is 0. The van der Waals surface area contributed by atoms with Crippen molar-refractivity contribution >= 4 is 11.3 Å². The Morgan fingerprint density at radius 2 is 1.69 bits per heavy atom. The Morgan fingerprint density at radius 3 is 2.38 bits per heavy atom. The van der Waals surface area contributed by atoms with Gasteiger partial charge in [0.1, 0.15) is 17.1 Å². The molecule has 4 rings (SSSR count). The Hall–Kier alpha value is -3.50. The Balaban J connectivity index is 0.000000186. The molecule has 1 aliphatic rings. The molecule has 3 aromatic rings. The minimum Gasteiger partial charge on any atom is -0.484 e. The number of fused-ring (bicyclic) bond motifs is 1. The van der Waals surface area contributed by atoms with Gasteiger partial charge in [0.2, 0.25) is 0 Å². The van der Waals surface area contributed by atoms with E-state index in [0.29, 0.717) is 5.75 Å². The van der Waals surface area contributed by atoms with Crippen LogP contribution in [0.1, 0.15) is 33.3 Å². The molecule has 0 bridgehead atoms. The third-order valence-corrected chi connectivity index (χ3v) is 5.07. The first kappa shape index (κ1) is 23.2. The van der Waals surface area contributed by atoms with Gasteiger partial charge in [-0.05, 0) is 62.6 Å². The van der Waals surface area contributed by atoms with Gasteiger partial charge in [-0.3, -0.25) is 0 Å². The topological polar surface area (TPSA) is 56.5 Å². The van der Waals surface area contributed by atoms with Crippen LogP contribution in [0.2, 0.25) is 0 Å². The standard InChI is InChI=1S/C16H21NO.C12H11NO/c1-11(2)9-12(3)13-7-6-8-14-15(13)17-10-16(4,5)18-14;13-14-12-8-4-7-11(9-12)10-5-2-1-3-6-10/h6-9,17H,1,10H2,2-5H3;1-9H,13H2/b12-9-;. The fourth-order valence-corrected chi connectivity index (χ4v) is 3.59. The molecule has 32 heavy (non-hydrogen) atoms. The third-order valence-electron chi connectivity index (χ3n) is 5.07. The number of hydrogen-bond donors (Lipinski definition) is 2. The molecule has 0 radical (unpaired) electrons. The van der Waals surface area contributed by atoms with Crippen molar-refractivity contribution in [2.45, 2.75) is 33.3 Å². The Labute approximate surface area is 191 Å². The lowest BCUT2D eigenvalue weighted by Crippen LogP contribution is -2.40. The van der Waals surface area contributed by atoms with Crippen LogP contribution in [-0.4, -0.2) is 12.1 Å². The van der Waals surface area contributed by atoms with E-state index in [-0.39, 0.29) is 5.60 Å². The summed E-state index contributed by atoms with van der Waals surface area (Å²) in [6, 6.07) is 24.0. The molecule has 0 amide bonds. The van der Waals surface area contributed by atoms with Crippen LogP contribution in [0.5, 0.6) is 11.5 Å². The zero-order chi connectivity index (χ0) is 23.1. The van der Waals surface area contributed by atoms with Gasteiger partial charge in [-0.15, -0.1) is 0 Å². The van der Waals surface area contributed by atoms with Gasteiger partial charge < -0.3 is 14.9 Å². The predicted molar refractivity (Wildman–Crippen MR) is 135 cm³/mol. The maximum absolute atomic E-state index is 6.00. The van der Waals surface area contributed by atoms with Crippen LogP contribution >= 0.6 is 0 Å². The van der Waals surface area contributed by atoms with Crippen LogP contribution < -0.4 is 20.8 Å². The molecule has 1 heterocycles. The predicted octanol–water partition coefficient (Wildman–Crippen LogP) is 6.86. The normalized spacial score (nSPS) is 14.1. The summed E-state index contributed by atoms with van der Waals surface area (Å²) in [5, 5.41) is 3.48. The highest BCUT2D eigenvalue weighted by Gasteiger charge is 2.27. The molecule has 0 aliphatic carbocycles. The summed E-state index contributed by atoms with van der Waals surface area (Å²) in [6.45, 7) is 13.0. The zero-order valence-corrected chi connectivity index (χ0v) is 19.3. The van der Waals surface area contributed by atoms with Crippen molar-refractivity contribution in [3.05, 3.63) is 96.6 Å². The molecular weight excluding hydrogens is 396 g/mol. The van der Waals surface area contributed by atoms with E-state index < -0.39 is 0 Å². The van der Waals surface area contributed by atoms with E-state index >= 15 is 0 Å². The molecule has 0 aromatic heterocycles. The van der Waals surface area contributed by atoms with E-state index in [1.807, 2.05) is 61.5 Å². The monoisotopic (exact) mass is 428 g/mol. The highest BCUT2D eigenvalue weighted by Crippen LogP contribution is 2.38. The first-order chi connectivity index (χ1) is 15.3. The highest BCUT2D eigenvalue weighted by molar-refractivity contribution is 5.81. The number of nitrogens with one attached hydrogen (secondary N) is 1. The van der Waals surface area contributed by atoms with Gasteiger partial charge in [0.25, 0.3) is 0 Å². The molecular formula is C28H32N2O2. The third kappa shape index (κ3) is 6.02. The van der Waals surface area contributed by atoms with Crippen LogP contribution in [-0.2, 0) is 0 Å². The average molecular weight is 429 g/mol. The fraction of sp³-hybridized carbons (Fsp3) is 0.214. The summed E-state index contributed by atoms with van der Waals surface area (Å²) in [7, 11) is 0. The van der Waals surface area contributed by atoms with E-state index in [1.54, 1.807) is 0 Å². The lowest BCUT2D eigenvalue weighted by atomic mass is 9.99. The molecule has 0 fully saturated rings. The molecule has 4 heteroatoms. The van der Waals surface area contributed by atoms with E-state index in [4.69, 9.17) is 10.6 Å². The van der Waals surface area contributed by atoms with E-state index in [0.717, 1.165) is 34.7 Å². The summed E-state index contributed by atoms with van der Waals surface area (Å²) in [5.74, 6) is 6.70. The number of benzene rings is 3. The maximum Gasteiger partial charge on any atom is 0.147 e. The second-order valence-electron chi connectivity index (χ2n) is 8.58. The highest BCUT2D eigenvalue weighted by atomic mass is 16.6. The minimum absolute atomic E-state index is 0.155. The van der Waals surface area contributed by atoms with Crippen molar-refractivity contribution in [1.82, 2.24) is 0 Å². The van der Waals surface area contributed by atoms with Crippen molar-refractivity contribution in [2.24, 2.45) is 5.90 Å². The average Bonchev–Trinajstić information content (AvgIpc) is 2.78. The SMILES string of the molecule is C=C(C)/C=C(/C)c1cccc2c1NCC(C)(C)O2.NOc1cccc(-c2ccccc2)c1. The van der Waals surface area contributed by atoms with Crippen LogP contribution in [0, 0.1) is 0 Å². The molecule has 1 aliphatic heterocycles. The number of hydrogen-bond acceptors (Lipinski definition) is 4. The zero-order valence-electron chi connectivity index (χ0n) is 19.3. The quantitative estimate of drug-likeness (QED) is 0.352. The molecule has 3 aromatic carbocycles. The Morgan fingerprint density at radius 1 is 1.00 bits per heavy atom. The van der Waals surface area contributed by atoms with Crippen molar-refractivity contribution in [2.75, 3.05) is 11.9 Å². The van der Waals surface area contributed by atoms with Gasteiger partial charge in [-0.25, -0.2) is 0 Å². The van der Waals surface area contributed by atoms with Gasteiger partial charge in [-0.2, -0.15) is 5.90 Å². The Bertz CT molecular complexity index is 1100. The van der Waals surface area contributed by atoms with Crippen LogP contribution in [0.3, 0.4) is 0 Å². The van der Waals surface area contributed by atoms with Crippen LogP contribution in [0.15, 0.2) is 91.0 Å². The largest absolute Gasteiger partial charge is 0.484 e. The minimum atomic E-state index is -0.155. The van der Waals surface area contributed by atoms with Crippen molar-refractivity contribution in [3.8, 4) is 22.6 Å². The van der Waals surface area contributed by atoms with Gasteiger partial charge in [0.05, 0.1) is 12.2 Å². The van der Waals surface area contributed by atoms with Gasteiger partial charge in [-0.1, -0.05) is 72.8 Å². The summed E-state index contributed by atoms with van der Waals surface area (Å²) in [6.07, 6.45) is 2.09. The van der Waals surface area contributed by atoms with Crippen LogP contribution in [0.25, 0.3) is 16.7 Å². The van der Waals surface area contributed by atoms with Crippen molar-refractivity contribution < 1.29 is 9.57 Å². The Kier molecular flexibility index (Phi) is 7.39. The molecule has 3 N–H and O–H groups in total. The van der Waals surface area contributed by atoms with Crippen molar-refractivity contribution in [3.63, 3.8) is 0 Å². The number of anilines is 1. The van der Waals surface area contributed by atoms with Crippen molar-refractivity contribution in [1.29, 1.82) is 0 Å². The van der Waals surface area contributed by atoms with Gasteiger partial charge in [0, 0.05) is 5.56 Å². The second kappa shape index (κ2) is 10.2. The van der Waals surface area contributed by atoms with Crippen LogP contribution in [0.4, 0.5) is 5.69 Å². The lowest BCUT2D eigenvalue weighted by molar-refractivity contribution is 0.116. The molecule has 4 nitrogen and oxygen atoms in total. The van der Waals surface area contributed by atoms with E-state index in [1.165, 1.54) is 11.1 Å². The lowest BCUT2D eigenvalue weighted by Gasteiger charge is -2.34. The van der Waals surface area contributed by atoms with E-state index in [9.17, 15) is 0 Å². The summed E-state index contributed by atoms with van der Waals surface area (Å²) in [4.78, 5) is 4.68. The molecule has 0 unspecified atom stereocenters. The molecule has 166 valence electrons. The molecule has 0 spiro atoms. The number of ether oxygens (including phenoxy) is 1. The number of rotatable bonds is 4. The number of allylic oxidation sites excluding steroid dienone is 3. The first-order valence-corrected chi connectivity index (χ1v) is 10.7. The smallest absolute Gasteiger partial charge is 0.147 e. The molecule has 0 atom stereocenters. The number of nitrogens with two attached hydrogens (primary N) is 1. The summed E-state index contributed by atoms with van der Waals surface area (Å²) < 4.78 is 6.00. The van der Waals surface area contributed by atoms with E-state index in [2.05, 4.69) is 61.8 Å². The fourth-order valence-electron chi connectivity index (χ4n) is 3.59. The maximum atomic E-state index is 6.00. The molecule has 0 saturated heterocycles. The first-order valence-electron chi connectivity index (χ1n) is 10.7. The van der Waals surface area contributed by atoms with Gasteiger partial charge in [0.15, 0.2) is 0 Å².